The SMILES string of the molecule is C=CC(=O)OCCCCC(=O)Oc1ccc(OC(=O)C=C)cc1C(F)(F)F. The lowest BCUT2D eigenvalue weighted by Crippen LogP contribution is -2.14. The Bertz CT molecular complexity index is 724. The first-order valence-corrected chi connectivity index (χ1v) is 7.72. The fraction of sp³-hybridized carbons (Fsp3) is 0.278. The van der Waals surface area contributed by atoms with Gasteiger partial charge in [-0.05, 0) is 31.0 Å². The van der Waals surface area contributed by atoms with Gasteiger partial charge in [-0.15, -0.1) is 0 Å². The molecule has 9 heteroatoms. The lowest BCUT2D eigenvalue weighted by molar-refractivity contribution is -0.143. The molecule has 0 saturated carbocycles. The predicted octanol–water partition coefficient (Wildman–Crippen LogP) is 3.60. The predicted molar refractivity (Wildman–Crippen MR) is 87.9 cm³/mol. The number of rotatable bonds is 9. The number of halogens is 3. The molecule has 0 saturated heterocycles. The minimum absolute atomic E-state index is 0.0509. The lowest BCUT2D eigenvalue weighted by atomic mass is 10.1. The van der Waals surface area contributed by atoms with Gasteiger partial charge in [-0.2, -0.15) is 13.2 Å². The van der Waals surface area contributed by atoms with E-state index in [0.717, 1.165) is 24.3 Å². The third-order valence-corrected chi connectivity index (χ3v) is 3.05. The molecule has 27 heavy (non-hydrogen) atoms. The average molecular weight is 386 g/mol. The zero-order valence-corrected chi connectivity index (χ0v) is 14.2. The molecule has 6 nitrogen and oxygen atoms in total. The van der Waals surface area contributed by atoms with Crippen LogP contribution in [0.25, 0.3) is 0 Å². The fourth-order valence-corrected chi connectivity index (χ4v) is 1.82. The zero-order valence-electron chi connectivity index (χ0n) is 14.2. The molecule has 0 radical (unpaired) electrons. The summed E-state index contributed by atoms with van der Waals surface area (Å²) in [7, 11) is 0. The molecule has 0 aliphatic heterocycles. The highest BCUT2D eigenvalue weighted by atomic mass is 19.4. The summed E-state index contributed by atoms with van der Waals surface area (Å²) in [5.41, 5.74) is -1.26. The number of carbonyl (C=O) groups is 3. The van der Waals surface area contributed by atoms with Gasteiger partial charge in [0.25, 0.3) is 0 Å². The van der Waals surface area contributed by atoms with Crippen LogP contribution in [-0.4, -0.2) is 24.5 Å². The number of alkyl halides is 3. The molecule has 0 heterocycles. The Morgan fingerprint density at radius 2 is 1.67 bits per heavy atom. The number of benzene rings is 1. The zero-order chi connectivity index (χ0) is 20.4. The molecule has 0 aliphatic rings. The molecule has 146 valence electrons. The Hall–Kier alpha value is -3.10. The second-order valence-corrected chi connectivity index (χ2v) is 5.08. The largest absolute Gasteiger partial charge is 0.463 e. The van der Waals surface area contributed by atoms with E-state index < -0.39 is 35.4 Å². The van der Waals surface area contributed by atoms with Crippen LogP contribution in [0.2, 0.25) is 0 Å². The van der Waals surface area contributed by atoms with Crippen molar-refractivity contribution in [3.8, 4) is 11.5 Å². The molecule has 0 bridgehead atoms. The number of carbonyl (C=O) groups excluding carboxylic acids is 3. The van der Waals surface area contributed by atoms with Gasteiger partial charge in [0.15, 0.2) is 0 Å². The van der Waals surface area contributed by atoms with Crippen LogP contribution in [0.1, 0.15) is 24.8 Å². The van der Waals surface area contributed by atoms with Crippen molar-refractivity contribution in [2.24, 2.45) is 0 Å². The quantitative estimate of drug-likeness (QED) is 0.279. The second kappa shape index (κ2) is 10.1. The molecule has 0 N–H and O–H groups in total. The fourth-order valence-electron chi connectivity index (χ4n) is 1.82. The summed E-state index contributed by atoms with van der Waals surface area (Å²) in [6, 6.07) is 2.50. The van der Waals surface area contributed by atoms with Gasteiger partial charge < -0.3 is 14.2 Å². The third-order valence-electron chi connectivity index (χ3n) is 3.05. The van der Waals surface area contributed by atoms with E-state index in [-0.39, 0.29) is 25.2 Å². The average Bonchev–Trinajstić information content (AvgIpc) is 2.61. The van der Waals surface area contributed by atoms with E-state index in [1.165, 1.54) is 0 Å². The van der Waals surface area contributed by atoms with Gasteiger partial charge in [-0.25, -0.2) is 9.59 Å². The number of esters is 3. The summed E-state index contributed by atoms with van der Waals surface area (Å²) in [6.45, 7) is 6.41. The van der Waals surface area contributed by atoms with E-state index >= 15 is 0 Å². The van der Waals surface area contributed by atoms with E-state index in [1.54, 1.807) is 0 Å². The maximum absolute atomic E-state index is 13.2. The first-order chi connectivity index (χ1) is 12.7. The smallest absolute Gasteiger partial charge is 0.420 e. The Morgan fingerprint density at radius 3 is 2.26 bits per heavy atom. The van der Waals surface area contributed by atoms with Crippen molar-refractivity contribution >= 4 is 17.9 Å². The normalized spacial score (nSPS) is 10.6. The van der Waals surface area contributed by atoms with Crippen molar-refractivity contribution in [2.45, 2.75) is 25.4 Å². The van der Waals surface area contributed by atoms with Crippen LogP contribution in [0.3, 0.4) is 0 Å². The van der Waals surface area contributed by atoms with Crippen LogP contribution in [0.15, 0.2) is 43.5 Å². The molecule has 0 amide bonds. The van der Waals surface area contributed by atoms with Crippen LogP contribution in [-0.2, 0) is 25.3 Å². The van der Waals surface area contributed by atoms with Crippen LogP contribution in [0, 0.1) is 0 Å². The van der Waals surface area contributed by atoms with Crippen molar-refractivity contribution in [1.82, 2.24) is 0 Å². The number of unbranched alkanes of at least 4 members (excludes halogenated alkanes) is 1. The summed E-state index contributed by atoms with van der Waals surface area (Å²) in [6.07, 6.45) is -2.63. The Morgan fingerprint density at radius 1 is 1.00 bits per heavy atom. The Balaban J connectivity index is 2.71. The molecule has 0 aliphatic carbocycles. The van der Waals surface area contributed by atoms with Gasteiger partial charge in [-0.3, -0.25) is 4.79 Å². The molecule has 0 atom stereocenters. The van der Waals surface area contributed by atoms with E-state index in [2.05, 4.69) is 17.9 Å². The lowest BCUT2D eigenvalue weighted by Gasteiger charge is -2.14. The summed E-state index contributed by atoms with van der Waals surface area (Å²) in [4.78, 5) is 33.7. The molecule has 1 rings (SSSR count). The van der Waals surface area contributed by atoms with Crippen LogP contribution in [0.5, 0.6) is 11.5 Å². The molecule has 1 aromatic carbocycles. The number of ether oxygens (including phenoxy) is 3. The minimum Gasteiger partial charge on any atom is -0.463 e. The molecule has 1 aromatic rings. The second-order valence-electron chi connectivity index (χ2n) is 5.08. The van der Waals surface area contributed by atoms with Gasteiger partial charge >= 0.3 is 24.1 Å². The van der Waals surface area contributed by atoms with E-state index in [1.807, 2.05) is 0 Å². The van der Waals surface area contributed by atoms with Gasteiger partial charge in [-0.1, -0.05) is 13.2 Å². The molecule has 0 fully saturated rings. The highest BCUT2D eigenvalue weighted by Crippen LogP contribution is 2.38. The standard InChI is InChI=1S/C18H17F3O6/c1-3-15(22)25-10-6-5-7-17(24)27-14-9-8-12(26-16(23)4-2)11-13(14)18(19,20)21/h3-4,8-9,11H,1-2,5-7,10H2. The third kappa shape index (κ3) is 7.76. The van der Waals surface area contributed by atoms with Gasteiger partial charge in [0.2, 0.25) is 0 Å². The van der Waals surface area contributed by atoms with Crippen LogP contribution >= 0.6 is 0 Å². The van der Waals surface area contributed by atoms with E-state index in [9.17, 15) is 27.6 Å². The maximum atomic E-state index is 13.2. The van der Waals surface area contributed by atoms with Crippen LogP contribution < -0.4 is 9.47 Å². The molecule has 0 spiro atoms. The summed E-state index contributed by atoms with van der Waals surface area (Å²) < 4.78 is 53.6. The first-order valence-electron chi connectivity index (χ1n) is 7.72. The number of hydrogen-bond donors (Lipinski definition) is 0. The minimum atomic E-state index is -4.83. The van der Waals surface area contributed by atoms with Crippen molar-refractivity contribution in [3.05, 3.63) is 49.1 Å². The van der Waals surface area contributed by atoms with Crippen molar-refractivity contribution in [3.63, 3.8) is 0 Å². The highest BCUT2D eigenvalue weighted by Gasteiger charge is 2.35. The van der Waals surface area contributed by atoms with Gasteiger partial charge in [0, 0.05) is 18.6 Å². The summed E-state index contributed by atoms with van der Waals surface area (Å²) >= 11 is 0. The topological polar surface area (TPSA) is 78.9 Å². The van der Waals surface area contributed by atoms with E-state index in [0.29, 0.717) is 12.5 Å². The van der Waals surface area contributed by atoms with Crippen molar-refractivity contribution in [1.29, 1.82) is 0 Å². The number of hydrogen-bond acceptors (Lipinski definition) is 6. The molecule has 0 aromatic heterocycles. The molecular formula is C18H17F3O6. The highest BCUT2D eigenvalue weighted by molar-refractivity contribution is 5.83. The Labute approximate surface area is 153 Å². The van der Waals surface area contributed by atoms with Gasteiger partial charge in [0.1, 0.15) is 17.1 Å². The summed E-state index contributed by atoms with van der Waals surface area (Å²) in [5, 5.41) is 0. The monoisotopic (exact) mass is 386 g/mol. The molecule has 0 unspecified atom stereocenters. The maximum Gasteiger partial charge on any atom is 0.420 e. The summed E-state index contributed by atoms with van der Waals surface area (Å²) in [5.74, 6) is -3.49. The molecular weight excluding hydrogens is 369 g/mol. The van der Waals surface area contributed by atoms with Gasteiger partial charge in [0.05, 0.1) is 6.61 Å². The Kier molecular flexibility index (Phi) is 8.25. The van der Waals surface area contributed by atoms with Crippen LogP contribution in [0.4, 0.5) is 13.2 Å². The van der Waals surface area contributed by atoms with E-state index in [4.69, 9.17) is 9.47 Å². The van der Waals surface area contributed by atoms with Crippen molar-refractivity contribution < 1.29 is 41.8 Å². The first kappa shape index (κ1) is 21.9. The van der Waals surface area contributed by atoms with Crippen molar-refractivity contribution in [2.75, 3.05) is 6.61 Å².